The Morgan fingerprint density at radius 3 is 2.46 bits per heavy atom. The minimum atomic E-state index is -2.88. The molecule has 0 spiro atoms. The highest BCUT2D eigenvalue weighted by atomic mass is 32.2. The third kappa shape index (κ3) is 5.07. The van der Waals surface area contributed by atoms with Gasteiger partial charge >= 0.3 is 6.61 Å². The smallest absolute Gasteiger partial charge is 0.387 e. The Morgan fingerprint density at radius 2 is 1.82 bits per heavy atom. The number of rotatable bonds is 7. The molecule has 0 unspecified atom stereocenters. The summed E-state index contributed by atoms with van der Waals surface area (Å²) in [5.74, 6) is 0.643. The Labute approximate surface area is 164 Å². The second-order valence-corrected chi connectivity index (χ2v) is 6.91. The molecule has 0 atom stereocenters. The molecular weight excluding hydrogens is 386 g/mol. The molecule has 0 fully saturated rings. The van der Waals surface area contributed by atoms with E-state index in [0.717, 1.165) is 17.0 Å². The van der Waals surface area contributed by atoms with Gasteiger partial charge in [0.05, 0.1) is 5.75 Å². The Kier molecular flexibility index (Phi) is 6.25. The van der Waals surface area contributed by atoms with Gasteiger partial charge in [-0.05, 0) is 31.2 Å². The van der Waals surface area contributed by atoms with Crippen molar-refractivity contribution in [2.75, 3.05) is 11.1 Å². The SMILES string of the molecule is Cc1ccc(-c2nnc(SCC(=O)Nc3ccc(OC(F)F)cc3)n2C)cc1. The molecule has 1 heterocycles. The monoisotopic (exact) mass is 404 g/mol. The fraction of sp³-hybridized carbons (Fsp3) is 0.211. The zero-order chi connectivity index (χ0) is 20.1. The minimum Gasteiger partial charge on any atom is -0.435 e. The number of ether oxygens (including phenoxy) is 1. The molecule has 1 aromatic heterocycles. The molecule has 0 saturated carbocycles. The molecule has 0 radical (unpaired) electrons. The van der Waals surface area contributed by atoms with Crippen molar-refractivity contribution in [3.63, 3.8) is 0 Å². The second kappa shape index (κ2) is 8.83. The Bertz CT molecular complexity index is 944. The molecule has 2 aromatic carbocycles. The number of benzene rings is 2. The second-order valence-electron chi connectivity index (χ2n) is 5.97. The van der Waals surface area contributed by atoms with E-state index in [2.05, 4.69) is 20.3 Å². The van der Waals surface area contributed by atoms with E-state index in [9.17, 15) is 13.6 Å². The lowest BCUT2D eigenvalue weighted by Crippen LogP contribution is -2.14. The molecule has 1 N–H and O–H groups in total. The van der Waals surface area contributed by atoms with Gasteiger partial charge in [-0.15, -0.1) is 10.2 Å². The van der Waals surface area contributed by atoms with Gasteiger partial charge in [0.2, 0.25) is 5.91 Å². The molecule has 28 heavy (non-hydrogen) atoms. The van der Waals surface area contributed by atoms with E-state index in [4.69, 9.17) is 0 Å². The van der Waals surface area contributed by atoms with Crippen LogP contribution in [0, 0.1) is 6.92 Å². The van der Waals surface area contributed by atoms with Crippen molar-refractivity contribution in [1.82, 2.24) is 14.8 Å². The third-order valence-corrected chi connectivity index (χ3v) is 4.86. The number of aromatic nitrogens is 3. The highest BCUT2D eigenvalue weighted by molar-refractivity contribution is 7.99. The molecule has 146 valence electrons. The number of aryl methyl sites for hydroxylation is 1. The fourth-order valence-electron chi connectivity index (χ4n) is 2.44. The Morgan fingerprint density at radius 1 is 1.14 bits per heavy atom. The Hall–Kier alpha value is -2.94. The molecule has 0 aliphatic rings. The average molecular weight is 404 g/mol. The van der Waals surface area contributed by atoms with E-state index in [0.29, 0.717) is 10.8 Å². The van der Waals surface area contributed by atoms with Crippen LogP contribution in [0.5, 0.6) is 5.75 Å². The third-order valence-electron chi connectivity index (χ3n) is 3.84. The van der Waals surface area contributed by atoms with Gasteiger partial charge in [-0.25, -0.2) is 0 Å². The zero-order valence-electron chi connectivity index (χ0n) is 15.2. The summed E-state index contributed by atoms with van der Waals surface area (Å²) in [6, 6.07) is 13.7. The summed E-state index contributed by atoms with van der Waals surface area (Å²) in [6.07, 6.45) is 0. The van der Waals surface area contributed by atoms with Crippen LogP contribution in [-0.2, 0) is 11.8 Å². The summed E-state index contributed by atoms with van der Waals surface area (Å²) in [5.41, 5.74) is 2.60. The number of nitrogens with one attached hydrogen (secondary N) is 1. The van der Waals surface area contributed by atoms with E-state index in [-0.39, 0.29) is 17.4 Å². The van der Waals surface area contributed by atoms with E-state index in [1.54, 1.807) is 0 Å². The van der Waals surface area contributed by atoms with Crippen LogP contribution in [0.1, 0.15) is 5.56 Å². The van der Waals surface area contributed by atoms with E-state index in [1.165, 1.54) is 36.0 Å². The lowest BCUT2D eigenvalue weighted by Gasteiger charge is -2.07. The van der Waals surface area contributed by atoms with E-state index in [1.807, 2.05) is 42.8 Å². The molecule has 1 amide bonds. The Balaban J connectivity index is 1.57. The lowest BCUT2D eigenvalue weighted by molar-refractivity contribution is -0.113. The van der Waals surface area contributed by atoms with Crippen LogP contribution in [0.25, 0.3) is 11.4 Å². The summed E-state index contributed by atoms with van der Waals surface area (Å²) in [4.78, 5) is 12.1. The van der Waals surface area contributed by atoms with Crippen molar-refractivity contribution in [2.24, 2.45) is 7.05 Å². The molecule has 0 saturated heterocycles. The van der Waals surface area contributed by atoms with Gasteiger partial charge in [0, 0.05) is 18.3 Å². The number of thioether (sulfide) groups is 1. The van der Waals surface area contributed by atoms with Crippen LogP contribution in [0.3, 0.4) is 0 Å². The number of hydrogen-bond acceptors (Lipinski definition) is 5. The molecule has 6 nitrogen and oxygen atoms in total. The van der Waals surface area contributed by atoms with Crippen LogP contribution in [0.15, 0.2) is 53.7 Å². The van der Waals surface area contributed by atoms with Crippen molar-refractivity contribution in [1.29, 1.82) is 0 Å². The van der Waals surface area contributed by atoms with Gasteiger partial charge in [0.1, 0.15) is 5.75 Å². The predicted octanol–water partition coefficient (Wildman–Crippen LogP) is 4.12. The van der Waals surface area contributed by atoms with Gasteiger partial charge in [0.15, 0.2) is 11.0 Å². The van der Waals surface area contributed by atoms with Gasteiger partial charge in [-0.1, -0.05) is 41.6 Å². The summed E-state index contributed by atoms with van der Waals surface area (Å²) in [7, 11) is 1.84. The summed E-state index contributed by atoms with van der Waals surface area (Å²) >= 11 is 1.26. The molecule has 0 aliphatic heterocycles. The number of halogens is 2. The highest BCUT2D eigenvalue weighted by Gasteiger charge is 2.13. The normalized spacial score (nSPS) is 10.9. The maximum Gasteiger partial charge on any atom is 0.387 e. The van der Waals surface area contributed by atoms with Crippen LogP contribution in [0.4, 0.5) is 14.5 Å². The van der Waals surface area contributed by atoms with Gasteiger partial charge in [0.25, 0.3) is 0 Å². The first kappa shape index (κ1) is 19.8. The zero-order valence-corrected chi connectivity index (χ0v) is 16.0. The summed E-state index contributed by atoms with van der Waals surface area (Å²) in [5, 5.41) is 11.7. The average Bonchev–Trinajstić information content (AvgIpc) is 3.02. The number of carbonyl (C=O) groups excluding carboxylic acids is 1. The van der Waals surface area contributed by atoms with Crippen molar-refractivity contribution >= 4 is 23.4 Å². The standard InChI is InChI=1S/C19H18F2N4O2S/c1-12-3-5-13(6-4-12)17-23-24-19(25(17)2)28-11-16(26)22-14-7-9-15(10-8-14)27-18(20)21/h3-10,18H,11H2,1-2H3,(H,22,26). The van der Waals surface area contributed by atoms with Crippen LogP contribution in [-0.4, -0.2) is 33.0 Å². The largest absolute Gasteiger partial charge is 0.435 e. The van der Waals surface area contributed by atoms with Gasteiger partial charge < -0.3 is 14.6 Å². The van der Waals surface area contributed by atoms with Crippen LogP contribution >= 0.6 is 11.8 Å². The van der Waals surface area contributed by atoms with Crippen molar-refractivity contribution < 1.29 is 18.3 Å². The van der Waals surface area contributed by atoms with E-state index < -0.39 is 6.61 Å². The summed E-state index contributed by atoms with van der Waals surface area (Å²) in [6.45, 7) is -0.868. The first-order valence-corrected chi connectivity index (χ1v) is 9.35. The van der Waals surface area contributed by atoms with Crippen molar-refractivity contribution in [2.45, 2.75) is 18.7 Å². The number of anilines is 1. The predicted molar refractivity (Wildman–Crippen MR) is 104 cm³/mol. The maximum atomic E-state index is 12.1. The lowest BCUT2D eigenvalue weighted by atomic mass is 10.1. The van der Waals surface area contributed by atoms with Gasteiger partial charge in [-0.3, -0.25) is 4.79 Å². The molecular formula is C19H18F2N4O2S. The number of hydrogen-bond donors (Lipinski definition) is 1. The number of alkyl halides is 2. The fourth-order valence-corrected chi connectivity index (χ4v) is 3.15. The van der Waals surface area contributed by atoms with Crippen molar-refractivity contribution in [3.8, 4) is 17.1 Å². The maximum absolute atomic E-state index is 12.1. The summed E-state index contributed by atoms with van der Waals surface area (Å²) < 4.78 is 30.4. The molecule has 0 bridgehead atoms. The van der Waals surface area contributed by atoms with Gasteiger partial charge in [-0.2, -0.15) is 8.78 Å². The molecule has 3 aromatic rings. The number of nitrogens with zero attached hydrogens (tertiary/aromatic N) is 3. The quantitative estimate of drug-likeness (QED) is 0.600. The number of amides is 1. The first-order chi connectivity index (χ1) is 13.4. The molecule has 0 aliphatic carbocycles. The van der Waals surface area contributed by atoms with Crippen LogP contribution in [0.2, 0.25) is 0 Å². The minimum absolute atomic E-state index is 0.0325. The number of carbonyl (C=O) groups is 1. The van der Waals surface area contributed by atoms with Crippen LogP contribution < -0.4 is 10.1 Å². The first-order valence-electron chi connectivity index (χ1n) is 8.36. The molecule has 3 rings (SSSR count). The highest BCUT2D eigenvalue weighted by Crippen LogP contribution is 2.23. The van der Waals surface area contributed by atoms with E-state index >= 15 is 0 Å². The van der Waals surface area contributed by atoms with Crippen molar-refractivity contribution in [3.05, 3.63) is 54.1 Å². The topological polar surface area (TPSA) is 69.0 Å². The molecule has 9 heteroatoms.